The Morgan fingerprint density at radius 2 is 0.918 bits per heavy atom. The molecule has 0 atom stereocenters. The molecule has 0 amide bonds. The lowest BCUT2D eigenvalue weighted by Crippen LogP contribution is -2.09. The highest BCUT2D eigenvalue weighted by Gasteiger charge is 2.18. The zero-order valence-corrected chi connectivity index (χ0v) is 34.7. The maximum absolute atomic E-state index is 13.0. The van der Waals surface area contributed by atoms with Gasteiger partial charge in [0.25, 0.3) is 0 Å². The van der Waals surface area contributed by atoms with Crippen molar-refractivity contribution in [2.24, 2.45) is 0 Å². The predicted molar refractivity (Wildman–Crippen MR) is 240 cm³/mol. The van der Waals surface area contributed by atoms with Crippen LogP contribution < -0.4 is 18.9 Å². The van der Waals surface area contributed by atoms with Gasteiger partial charge in [0.05, 0.1) is 13.2 Å². The number of benzene rings is 6. The van der Waals surface area contributed by atoms with E-state index in [9.17, 15) is 19.2 Å². The Morgan fingerprint density at radius 1 is 0.426 bits per heavy atom. The maximum atomic E-state index is 13.0. The largest absolute Gasteiger partial charge is 0.494 e. The second-order valence-electron chi connectivity index (χ2n) is 14.9. The number of carbonyl (C=O) groups is 4. The second kappa shape index (κ2) is 19.0. The topological polar surface area (TPSA) is 114 Å². The van der Waals surface area contributed by atoms with Crippen molar-refractivity contribution in [2.45, 2.75) is 40.5 Å². The molecule has 6 rings (SSSR count). The quantitative estimate of drug-likeness (QED) is 0.0407. The first-order valence-electron chi connectivity index (χ1n) is 19.6. The van der Waals surface area contributed by atoms with Crippen molar-refractivity contribution in [2.75, 3.05) is 13.2 Å². The second-order valence-corrected chi connectivity index (χ2v) is 14.9. The van der Waals surface area contributed by atoms with Crippen LogP contribution in [0.5, 0.6) is 23.0 Å². The van der Waals surface area contributed by atoms with Crippen LogP contribution in [0.4, 0.5) is 0 Å². The summed E-state index contributed by atoms with van der Waals surface area (Å²) in [6.45, 7) is 21.9. The van der Waals surface area contributed by atoms with E-state index in [1.165, 1.54) is 0 Å². The Kier molecular flexibility index (Phi) is 13.4. The summed E-state index contributed by atoms with van der Waals surface area (Å²) in [4.78, 5) is 49.5. The molecule has 0 fully saturated rings. The number of esters is 4. The third kappa shape index (κ3) is 10.8. The van der Waals surface area contributed by atoms with Crippen LogP contribution in [0.1, 0.15) is 40.5 Å². The van der Waals surface area contributed by atoms with Crippen LogP contribution in [-0.4, -0.2) is 37.1 Å². The van der Waals surface area contributed by atoms with Gasteiger partial charge in [0.2, 0.25) is 0 Å². The van der Waals surface area contributed by atoms with E-state index in [1.807, 2.05) is 72.8 Å². The van der Waals surface area contributed by atoms with E-state index in [0.29, 0.717) is 59.0 Å². The van der Waals surface area contributed by atoms with Gasteiger partial charge in [-0.2, -0.15) is 0 Å². The molecule has 0 saturated carbocycles. The van der Waals surface area contributed by atoms with Gasteiger partial charge in [0.1, 0.15) is 23.0 Å². The lowest BCUT2D eigenvalue weighted by Gasteiger charge is -2.16. The maximum Gasteiger partial charge on any atom is 0.338 e. The van der Waals surface area contributed by atoms with E-state index in [0.717, 1.165) is 50.6 Å². The number of rotatable bonds is 16. The smallest absolute Gasteiger partial charge is 0.338 e. The summed E-state index contributed by atoms with van der Waals surface area (Å²) >= 11 is 0. The molecule has 0 saturated heterocycles. The van der Waals surface area contributed by atoms with Gasteiger partial charge in [-0.05, 0) is 139 Å². The third-order valence-corrected chi connectivity index (χ3v) is 9.59. The standard InChI is InChI=1S/C52H46O9/c1-31(2)49(53)58-24-10-9-23-57-44-21-17-36-25-37(11-12-38(36)27-44)42-26-40-13-14-41(28-46(40)48(30-42)61-52(56)34(7)8)45-22-18-39(29-47(45)60-51(55)33(5)6)35-15-19-43(20-16-35)59-50(54)32(3)4/h11-22,25-30H,1,3,5,7,9-10,23-24H2,2,4,6,8H3. The SMILES string of the molecule is C=C(C)C(=O)OCCCCOc1ccc2cc(-c3cc(OC(=O)C(=C)C)c4cc(-c5ccc(-c6ccc(OC(=O)C(=C)C)cc6)cc5OC(=O)C(=C)C)ccc4c3)ccc2c1. The summed E-state index contributed by atoms with van der Waals surface area (Å²) in [5.74, 6) is -0.316. The molecular weight excluding hydrogens is 769 g/mol. The van der Waals surface area contributed by atoms with Crippen molar-refractivity contribution >= 4 is 45.4 Å². The molecule has 0 radical (unpaired) electrons. The Bertz CT molecular complexity index is 2750. The van der Waals surface area contributed by atoms with Gasteiger partial charge < -0.3 is 23.7 Å². The van der Waals surface area contributed by atoms with Crippen LogP contribution in [0.25, 0.3) is 54.9 Å². The molecule has 0 aromatic heterocycles. The third-order valence-electron chi connectivity index (χ3n) is 9.59. The summed E-state index contributed by atoms with van der Waals surface area (Å²) in [5.41, 5.74) is 5.77. The lowest BCUT2D eigenvalue weighted by atomic mass is 9.94. The van der Waals surface area contributed by atoms with Crippen LogP contribution in [0.15, 0.2) is 158 Å². The molecule has 308 valence electrons. The first-order chi connectivity index (χ1) is 29.2. The van der Waals surface area contributed by atoms with Crippen LogP contribution in [0.3, 0.4) is 0 Å². The molecule has 0 heterocycles. The summed E-state index contributed by atoms with van der Waals surface area (Å²) in [6.07, 6.45) is 1.41. The molecule has 0 aliphatic carbocycles. The van der Waals surface area contributed by atoms with E-state index in [4.69, 9.17) is 23.7 Å². The fourth-order valence-corrected chi connectivity index (χ4v) is 6.23. The minimum Gasteiger partial charge on any atom is -0.494 e. The van der Waals surface area contributed by atoms with Gasteiger partial charge in [-0.1, -0.05) is 80.9 Å². The molecule has 9 heteroatoms. The van der Waals surface area contributed by atoms with Crippen LogP contribution >= 0.6 is 0 Å². The van der Waals surface area contributed by atoms with Crippen molar-refractivity contribution < 1.29 is 42.9 Å². The zero-order chi connectivity index (χ0) is 43.8. The first kappa shape index (κ1) is 43.1. The number of hydrogen-bond donors (Lipinski definition) is 0. The Labute approximate surface area is 355 Å². The van der Waals surface area contributed by atoms with Crippen molar-refractivity contribution in [1.29, 1.82) is 0 Å². The summed E-state index contributed by atoms with van der Waals surface area (Å²) in [7, 11) is 0. The van der Waals surface area contributed by atoms with E-state index < -0.39 is 17.9 Å². The Morgan fingerprint density at radius 3 is 1.61 bits per heavy atom. The van der Waals surface area contributed by atoms with Crippen molar-refractivity contribution in [3.05, 3.63) is 158 Å². The van der Waals surface area contributed by atoms with E-state index in [-0.39, 0.29) is 22.7 Å². The number of ether oxygens (including phenoxy) is 5. The molecule has 9 nitrogen and oxygen atoms in total. The number of hydrogen-bond acceptors (Lipinski definition) is 9. The highest BCUT2D eigenvalue weighted by atomic mass is 16.5. The fraction of sp³-hybridized carbons (Fsp3) is 0.154. The number of carbonyl (C=O) groups excluding carboxylic acids is 4. The lowest BCUT2D eigenvalue weighted by molar-refractivity contribution is -0.139. The average Bonchev–Trinajstić information content (AvgIpc) is 3.24. The summed E-state index contributed by atoms with van der Waals surface area (Å²) in [5, 5.41) is 3.46. The Balaban J connectivity index is 1.30. The van der Waals surface area contributed by atoms with E-state index in [1.54, 1.807) is 58.0 Å². The molecule has 0 spiro atoms. The van der Waals surface area contributed by atoms with Gasteiger partial charge in [-0.15, -0.1) is 0 Å². The van der Waals surface area contributed by atoms with Gasteiger partial charge in [-0.3, -0.25) is 0 Å². The van der Waals surface area contributed by atoms with Gasteiger partial charge >= 0.3 is 23.9 Å². The monoisotopic (exact) mass is 814 g/mol. The van der Waals surface area contributed by atoms with Crippen molar-refractivity contribution in [3.8, 4) is 56.4 Å². The average molecular weight is 815 g/mol. The zero-order valence-electron chi connectivity index (χ0n) is 34.7. The van der Waals surface area contributed by atoms with Gasteiger partial charge in [-0.25, -0.2) is 19.2 Å². The van der Waals surface area contributed by atoms with E-state index >= 15 is 0 Å². The first-order valence-corrected chi connectivity index (χ1v) is 19.6. The molecule has 6 aromatic rings. The minimum atomic E-state index is -0.586. The fourth-order valence-electron chi connectivity index (χ4n) is 6.23. The number of fused-ring (bicyclic) bond motifs is 2. The Hall–Kier alpha value is -7.52. The molecule has 0 unspecified atom stereocenters. The number of unbranched alkanes of at least 4 members (excludes halogenated alkanes) is 1. The van der Waals surface area contributed by atoms with Gasteiger partial charge in [0.15, 0.2) is 0 Å². The molecule has 61 heavy (non-hydrogen) atoms. The highest BCUT2D eigenvalue weighted by Crippen LogP contribution is 2.40. The van der Waals surface area contributed by atoms with Crippen LogP contribution in [-0.2, 0) is 23.9 Å². The molecule has 0 N–H and O–H groups in total. The molecule has 0 aliphatic rings. The van der Waals surface area contributed by atoms with Crippen molar-refractivity contribution in [3.63, 3.8) is 0 Å². The molecule has 0 bridgehead atoms. The van der Waals surface area contributed by atoms with Gasteiger partial charge in [0, 0.05) is 33.2 Å². The minimum absolute atomic E-state index is 0.231. The normalized spacial score (nSPS) is 10.8. The summed E-state index contributed by atoms with van der Waals surface area (Å²) in [6, 6.07) is 34.1. The van der Waals surface area contributed by atoms with E-state index in [2.05, 4.69) is 32.4 Å². The molecular formula is C52H46O9. The van der Waals surface area contributed by atoms with Crippen molar-refractivity contribution in [1.82, 2.24) is 0 Å². The van der Waals surface area contributed by atoms with Crippen LogP contribution in [0, 0.1) is 0 Å². The summed E-state index contributed by atoms with van der Waals surface area (Å²) < 4.78 is 28.3. The van der Waals surface area contributed by atoms with Crippen LogP contribution in [0.2, 0.25) is 0 Å². The molecule has 6 aromatic carbocycles. The predicted octanol–water partition coefficient (Wildman–Crippen LogP) is 11.7. The molecule has 0 aliphatic heterocycles. The highest BCUT2D eigenvalue weighted by molar-refractivity contribution is 6.00.